The quantitative estimate of drug-likeness (QED) is 0.467. The molecule has 7 heteroatoms. The lowest BCUT2D eigenvalue weighted by Crippen LogP contribution is -2.32. The molecular weight excluding hydrogens is 234 g/mol. The molecule has 0 saturated heterocycles. The molecule has 80 valence electrons. The second kappa shape index (κ2) is 5.52. The molecule has 0 aliphatic rings. The van der Waals surface area contributed by atoms with Gasteiger partial charge >= 0.3 is 6.09 Å². The third-order valence-electron chi connectivity index (χ3n) is 1.46. The van der Waals surface area contributed by atoms with Crippen molar-refractivity contribution in [3.63, 3.8) is 0 Å². The highest BCUT2D eigenvalue weighted by molar-refractivity contribution is 8.11. The number of hydroxylamine groups is 1. The normalized spacial score (nSPS) is 9.20. The van der Waals surface area contributed by atoms with Crippen LogP contribution in [0.2, 0.25) is 0 Å². The fourth-order valence-corrected chi connectivity index (χ4v) is 1.02. The fraction of sp³-hybridized carbons (Fsp3) is 0.125. The van der Waals surface area contributed by atoms with Crippen LogP contribution in [0.4, 0.5) is 10.5 Å². The van der Waals surface area contributed by atoms with Gasteiger partial charge in [0.15, 0.2) is 0 Å². The van der Waals surface area contributed by atoms with Crippen molar-refractivity contribution < 1.29 is 9.63 Å². The van der Waals surface area contributed by atoms with E-state index in [0.29, 0.717) is 5.69 Å². The third kappa shape index (κ3) is 4.13. The van der Waals surface area contributed by atoms with Crippen molar-refractivity contribution in [1.29, 1.82) is 0 Å². The molecule has 0 aromatic carbocycles. The molecule has 0 unspecified atom stereocenters. The first kappa shape index (κ1) is 11.7. The highest BCUT2D eigenvalue weighted by Crippen LogP contribution is 2.09. The number of rotatable bonds is 2. The van der Waals surface area contributed by atoms with E-state index in [9.17, 15) is 4.79 Å². The molecule has 0 aliphatic heterocycles. The van der Waals surface area contributed by atoms with Gasteiger partial charge in [-0.15, -0.1) is 12.6 Å². The van der Waals surface area contributed by atoms with E-state index < -0.39 is 6.09 Å². The van der Waals surface area contributed by atoms with Crippen molar-refractivity contribution in [1.82, 2.24) is 10.3 Å². The number of hydrogen-bond donors (Lipinski definition) is 2. The number of nitrogens with one attached hydrogen (secondary N) is 1. The maximum absolute atomic E-state index is 11.1. The summed E-state index contributed by atoms with van der Waals surface area (Å²) in [4.78, 5) is 19.8. The topological polar surface area (TPSA) is 54.5 Å². The standard InChI is InChI=1S/C8H9N3O2S2/c1-11(6-2-4-9-5-3-6)13-7(12)10-8(14)15/h2-5H,1H3,(H2,10,12,14,15). The number of amides is 1. The second-order valence-electron chi connectivity index (χ2n) is 2.51. The predicted molar refractivity (Wildman–Crippen MR) is 63.8 cm³/mol. The fourth-order valence-electron chi connectivity index (χ4n) is 0.841. The molecule has 1 aromatic rings. The van der Waals surface area contributed by atoms with Crippen molar-refractivity contribution in [2.75, 3.05) is 12.1 Å². The Labute approximate surface area is 97.8 Å². The van der Waals surface area contributed by atoms with Crippen molar-refractivity contribution in [2.45, 2.75) is 0 Å². The zero-order chi connectivity index (χ0) is 11.3. The molecule has 1 amide bonds. The van der Waals surface area contributed by atoms with Gasteiger partial charge < -0.3 is 4.84 Å². The Morgan fingerprint density at radius 3 is 2.73 bits per heavy atom. The van der Waals surface area contributed by atoms with E-state index in [2.05, 4.69) is 35.1 Å². The van der Waals surface area contributed by atoms with E-state index in [0.717, 1.165) is 0 Å². The summed E-state index contributed by atoms with van der Waals surface area (Å²) in [5.74, 6) is 0. The third-order valence-corrected chi connectivity index (χ3v) is 1.67. The summed E-state index contributed by atoms with van der Waals surface area (Å²) in [5.41, 5.74) is 0.699. The summed E-state index contributed by atoms with van der Waals surface area (Å²) in [5, 5.41) is 3.52. The van der Waals surface area contributed by atoms with Gasteiger partial charge in [0.25, 0.3) is 0 Å². The number of thiol groups is 1. The number of aromatic nitrogens is 1. The summed E-state index contributed by atoms with van der Waals surface area (Å²) in [7, 11) is 1.59. The molecule has 0 fully saturated rings. The number of hydrogen-bond acceptors (Lipinski definition) is 5. The van der Waals surface area contributed by atoms with Gasteiger partial charge in [-0.25, -0.2) is 9.86 Å². The van der Waals surface area contributed by atoms with Crippen LogP contribution in [0.5, 0.6) is 0 Å². The average molecular weight is 243 g/mol. The van der Waals surface area contributed by atoms with Crippen LogP contribution in [0, 0.1) is 0 Å². The van der Waals surface area contributed by atoms with E-state index in [1.165, 1.54) is 5.06 Å². The molecule has 1 heterocycles. The van der Waals surface area contributed by atoms with Crippen LogP contribution in [-0.2, 0) is 4.84 Å². The molecule has 0 radical (unpaired) electrons. The Balaban J connectivity index is 2.53. The number of anilines is 1. The summed E-state index contributed by atoms with van der Waals surface area (Å²) in [6.07, 6.45) is 2.50. The highest BCUT2D eigenvalue weighted by Gasteiger charge is 2.08. The van der Waals surface area contributed by atoms with Gasteiger partial charge in [0.1, 0.15) is 4.32 Å². The molecule has 0 bridgehead atoms. The summed E-state index contributed by atoms with van der Waals surface area (Å²) in [6.45, 7) is 0. The van der Waals surface area contributed by atoms with E-state index in [4.69, 9.17) is 4.84 Å². The SMILES string of the molecule is CN(OC(=O)NC(=S)S)c1ccncc1. The molecule has 1 rings (SSSR count). The molecular formula is C8H9N3O2S2. The molecule has 1 N–H and O–H groups in total. The zero-order valence-electron chi connectivity index (χ0n) is 7.88. The summed E-state index contributed by atoms with van der Waals surface area (Å²) < 4.78 is 0.0585. The predicted octanol–water partition coefficient (Wildman–Crippen LogP) is 1.37. The van der Waals surface area contributed by atoms with Crippen LogP contribution in [0.25, 0.3) is 0 Å². The summed E-state index contributed by atoms with van der Waals surface area (Å²) >= 11 is 8.30. The lowest BCUT2D eigenvalue weighted by atomic mass is 10.4. The minimum absolute atomic E-state index is 0.0585. The highest BCUT2D eigenvalue weighted by atomic mass is 32.1. The number of pyridine rings is 1. The molecule has 0 spiro atoms. The van der Waals surface area contributed by atoms with Crippen molar-refractivity contribution >= 4 is 40.9 Å². The van der Waals surface area contributed by atoms with E-state index in [-0.39, 0.29) is 4.32 Å². The number of nitrogens with zero attached hydrogens (tertiary/aromatic N) is 2. The molecule has 15 heavy (non-hydrogen) atoms. The Bertz CT molecular complexity index is 358. The molecule has 0 aliphatic carbocycles. The smallest absolute Gasteiger partial charge is 0.322 e. The van der Waals surface area contributed by atoms with Crippen molar-refractivity contribution in [3.8, 4) is 0 Å². The van der Waals surface area contributed by atoms with E-state index in [1.54, 1.807) is 31.6 Å². The van der Waals surface area contributed by atoms with Gasteiger partial charge in [-0.05, 0) is 12.1 Å². The number of thiocarbonyl (C=S) groups is 1. The first-order valence-electron chi connectivity index (χ1n) is 3.95. The van der Waals surface area contributed by atoms with E-state index in [1.807, 2.05) is 0 Å². The maximum atomic E-state index is 11.1. The second-order valence-corrected chi connectivity index (χ2v) is 3.67. The van der Waals surface area contributed by atoms with E-state index >= 15 is 0 Å². The Morgan fingerprint density at radius 1 is 1.60 bits per heavy atom. The van der Waals surface area contributed by atoms with Crippen molar-refractivity contribution in [2.24, 2.45) is 0 Å². The number of carbonyl (C=O) groups excluding carboxylic acids is 1. The average Bonchev–Trinajstić information content (AvgIpc) is 2.17. The van der Waals surface area contributed by atoms with Gasteiger partial charge in [0.2, 0.25) is 0 Å². The largest absolute Gasteiger partial charge is 0.437 e. The molecule has 0 saturated carbocycles. The first-order chi connectivity index (χ1) is 7.09. The van der Waals surface area contributed by atoms with Gasteiger partial charge in [-0.1, -0.05) is 12.2 Å². The minimum atomic E-state index is -0.686. The van der Waals surface area contributed by atoms with Crippen molar-refractivity contribution in [3.05, 3.63) is 24.5 Å². The molecule has 5 nitrogen and oxygen atoms in total. The van der Waals surface area contributed by atoms with Gasteiger partial charge in [-0.2, -0.15) is 0 Å². The molecule has 0 atom stereocenters. The lowest BCUT2D eigenvalue weighted by molar-refractivity contribution is 0.146. The molecule has 1 aromatic heterocycles. The van der Waals surface area contributed by atoms with Crippen LogP contribution in [0.1, 0.15) is 0 Å². The minimum Gasteiger partial charge on any atom is -0.322 e. The Hall–Kier alpha value is -1.34. The summed E-state index contributed by atoms with van der Waals surface area (Å²) in [6, 6.07) is 3.40. The first-order valence-corrected chi connectivity index (χ1v) is 4.81. The van der Waals surface area contributed by atoms with Crippen LogP contribution < -0.4 is 10.4 Å². The lowest BCUT2D eigenvalue weighted by Gasteiger charge is -2.17. The Morgan fingerprint density at radius 2 is 2.20 bits per heavy atom. The van der Waals surface area contributed by atoms with Crippen LogP contribution in [0.15, 0.2) is 24.5 Å². The van der Waals surface area contributed by atoms with Crippen LogP contribution >= 0.6 is 24.8 Å². The van der Waals surface area contributed by atoms with Crippen LogP contribution in [0.3, 0.4) is 0 Å². The Kier molecular flexibility index (Phi) is 4.32. The maximum Gasteiger partial charge on any atom is 0.437 e. The monoisotopic (exact) mass is 243 g/mol. The van der Waals surface area contributed by atoms with Gasteiger partial charge in [0, 0.05) is 19.4 Å². The number of carbonyl (C=O) groups is 1. The van der Waals surface area contributed by atoms with Gasteiger partial charge in [0.05, 0.1) is 5.69 Å². The van der Waals surface area contributed by atoms with Crippen LogP contribution in [-0.4, -0.2) is 22.4 Å². The zero-order valence-corrected chi connectivity index (χ0v) is 9.59. The van der Waals surface area contributed by atoms with Gasteiger partial charge in [-0.3, -0.25) is 10.3 Å².